The molecule has 0 saturated carbocycles. The molecule has 2 aromatic carbocycles. The molecular formula is C19H18FN3O2. The van der Waals surface area contributed by atoms with Crippen LogP contribution in [0.4, 0.5) is 10.4 Å². The van der Waals surface area contributed by atoms with Gasteiger partial charge in [0, 0.05) is 5.56 Å². The molecule has 3 rings (SSSR count). The Labute approximate surface area is 144 Å². The van der Waals surface area contributed by atoms with E-state index in [2.05, 4.69) is 41.5 Å². The molecule has 0 aliphatic carbocycles. The number of hydrogen-bond donors (Lipinski definition) is 1. The second kappa shape index (κ2) is 7.25. The molecule has 128 valence electrons. The molecule has 0 atom stereocenters. The van der Waals surface area contributed by atoms with Crippen LogP contribution in [0.1, 0.15) is 47.1 Å². The first-order chi connectivity index (χ1) is 12.0. The fourth-order valence-corrected chi connectivity index (χ4v) is 2.34. The lowest BCUT2D eigenvalue weighted by Gasteiger charge is -2.05. The van der Waals surface area contributed by atoms with Crippen LogP contribution in [0.3, 0.4) is 0 Å². The third-order valence-corrected chi connectivity index (χ3v) is 3.80. The van der Waals surface area contributed by atoms with Crippen LogP contribution in [0, 0.1) is 5.82 Å². The highest BCUT2D eigenvalue weighted by Crippen LogP contribution is 2.17. The number of hydrogen-bond acceptors (Lipinski definition) is 4. The summed E-state index contributed by atoms with van der Waals surface area (Å²) in [6.45, 7) is 4.28. The van der Waals surface area contributed by atoms with E-state index in [4.69, 9.17) is 4.42 Å². The number of nitrogens with zero attached hydrogens (tertiary/aromatic N) is 2. The summed E-state index contributed by atoms with van der Waals surface area (Å²) in [5.74, 6) is 0.0500. The van der Waals surface area contributed by atoms with Crippen molar-refractivity contribution in [3.05, 3.63) is 76.9 Å². The smallest absolute Gasteiger partial charge is 0.322 e. The van der Waals surface area contributed by atoms with Gasteiger partial charge in [0.15, 0.2) is 0 Å². The van der Waals surface area contributed by atoms with Gasteiger partial charge < -0.3 is 4.42 Å². The minimum absolute atomic E-state index is 0.0168. The van der Waals surface area contributed by atoms with Crippen LogP contribution >= 0.6 is 0 Å². The van der Waals surface area contributed by atoms with E-state index in [0.717, 1.165) is 5.56 Å². The van der Waals surface area contributed by atoms with Crippen LogP contribution in [0.25, 0.3) is 0 Å². The Morgan fingerprint density at radius 3 is 2.40 bits per heavy atom. The molecule has 0 fully saturated rings. The number of rotatable bonds is 5. The molecule has 0 unspecified atom stereocenters. The molecule has 0 spiro atoms. The van der Waals surface area contributed by atoms with E-state index in [-0.39, 0.29) is 6.01 Å². The molecule has 0 aliphatic rings. The Bertz CT molecular complexity index is 855. The maximum Gasteiger partial charge on any atom is 0.322 e. The van der Waals surface area contributed by atoms with Gasteiger partial charge in [0.25, 0.3) is 5.91 Å². The third kappa shape index (κ3) is 4.29. The van der Waals surface area contributed by atoms with E-state index < -0.39 is 11.7 Å². The van der Waals surface area contributed by atoms with Crippen LogP contribution in [-0.2, 0) is 6.42 Å². The lowest BCUT2D eigenvalue weighted by molar-refractivity contribution is 0.102. The second-order valence-corrected chi connectivity index (χ2v) is 6.04. The van der Waals surface area contributed by atoms with Crippen LogP contribution in [0.15, 0.2) is 52.9 Å². The van der Waals surface area contributed by atoms with Gasteiger partial charge in [-0.1, -0.05) is 43.2 Å². The maximum atomic E-state index is 12.9. The lowest BCUT2D eigenvalue weighted by Crippen LogP contribution is -2.12. The van der Waals surface area contributed by atoms with Crippen LogP contribution in [-0.4, -0.2) is 16.1 Å². The minimum atomic E-state index is -0.434. The molecule has 25 heavy (non-hydrogen) atoms. The highest BCUT2D eigenvalue weighted by Gasteiger charge is 2.12. The summed E-state index contributed by atoms with van der Waals surface area (Å²) in [5, 5.41) is 10.3. The minimum Gasteiger partial charge on any atom is -0.407 e. The summed E-state index contributed by atoms with van der Waals surface area (Å²) in [4.78, 5) is 12.0. The SMILES string of the molecule is CC(C)c1ccc(Cc2nnc(NC(=O)c3ccc(F)cc3)o2)cc1. The second-order valence-electron chi connectivity index (χ2n) is 6.04. The highest BCUT2D eigenvalue weighted by atomic mass is 19.1. The topological polar surface area (TPSA) is 68.0 Å². The number of benzene rings is 2. The predicted octanol–water partition coefficient (Wildman–Crippen LogP) is 4.18. The van der Waals surface area contributed by atoms with E-state index in [0.29, 0.717) is 23.8 Å². The third-order valence-electron chi connectivity index (χ3n) is 3.80. The van der Waals surface area contributed by atoms with Gasteiger partial charge in [-0.25, -0.2) is 4.39 Å². The molecule has 1 amide bonds. The maximum absolute atomic E-state index is 12.9. The molecule has 0 bridgehead atoms. The zero-order valence-electron chi connectivity index (χ0n) is 14.0. The van der Waals surface area contributed by atoms with Gasteiger partial charge in [-0.15, -0.1) is 5.10 Å². The van der Waals surface area contributed by atoms with E-state index >= 15 is 0 Å². The van der Waals surface area contributed by atoms with Gasteiger partial charge in [-0.3, -0.25) is 10.1 Å². The average Bonchev–Trinajstić information content (AvgIpc) is 3.02. The van der Waals surface area contributed by atoms with Gasteiger partial charge in [0.05, 0.1) is 6.42 Å². The van der Waals surface area contributed by atoms with E-state index in [9.17, 15) is 9.18 Å². The molecule has 0 aliphatic heterocycles. The van der Waals surface area contributed by atoms with Crippen LogP contribution in [0.2, 0.25) is 0 Å². The number of carbonyl (C=O) groups is 1. The average molecular weight is 339 g/mol. The molecule has 3 aromatic rings. The van der Waals surface area contributed by atoms with Crippen molar-refractivity contribution < 1.29 is 13.6 Å². The standard InChI is InChI=1S/C19H18FN3O2/c1-12(2)14-5-3-13(4-6-14)11-17-22-23-19(25-17)21-18(24)15-7-9-16(20)10-8-15/h3-10,12H,11H2,1-2H3,(H,21,23,24). The molecule has 6 heteroatoms. The highest BCUT2D eigenvalue weighted by molar-refractivity contribution is 6.03. The fourth-order valence-electron chi connectivity index (χ4n) is 2.34. The van der Waals surface area contributed by atoms with Crippen molar-refractivity contribution in [2.45, 2.75) is 26.2 Å². The largest absolute Gasteiger partial charge is 0.407 e. The van der Waals surface area contributed by atoms with E-state index in [1.54, 1.807) is 0 Å². The van der Waals surface area contributed by atoms with Crippen molar-refractivity contribution in [2.75, 3.05) is 5.32 Å². The monoisotopic (exact) mass is 339 g/mol. The van der Waals surface area contributed by atoms with E-state index in [1.807, 2.05) is 12.1 Å². The van der Waals surface area contributed by atoms with Gasteiger partial charge >= 0.3 is 6.01 Å². The van der Waals surface area contributed by atoms with Crippen molar-refractivity contribution in [2.24, 2.45) is 0 Å². The van der Waals surface area contributed by atoms with Gasteiger partial charge in [-0.05, 0) is 41.3 Å². The summed E-state index contributed by atoms with van der Waals surface area (Å²) in [6.07, 6.45) is 0.484. The van der Waals surface area contributed by atoms with Crippen molar-refractivity contribution in [1.82, 2.24) is 10.2 Å². The lowest BCUT2D eigenvalue weighted by atomic mass is 10.0. The first kappa shape index (κ1) is 16.8. The summed E-state index contributed by atoms with van der Waals surface area (Å²) < 4.78 is 18.3. The number of amides is 1. The Morgan fingerprint density at radius 2 is 1.76 bits per heavy atom. The Balaban J connectivity index is 1.64. The van der Waals surface area contributed by atoms with Gasteiger partial charge in [0.2, 0.25) is 5.89 Å². The van der Waals surface area contributed by atoms with Crippen LogP contribution in [0.5, 0.6) is 0 Å². The number of anilines is 1. The normalized spacial score (nSPS) is 10.9. The number of aromatic nitrogens is 2. The molecule has 1 heterocycles. The molecule has 0 radical (unpaired) electrons. The Hall–Kier alpha value is -3.02. The molecule has 1 N–H and O–H groups in total. The Kier molecular flexibility index (Phi) is 4.88. The van der Waals surface area contributed by atoms with Gasteiger partial charge in [0.1, 0.15) is 5.82 Å². The number of nitrogens with one attached hydrogen (secondary N) is 1. The van der Waals surface area contributed by atoms with Gasteiger partial charge in [-0.2, -0.15) is 0 Å². The summed E-state index contributed by atoms with van der Waals surface area (Å²) in [7, 11) is 0. The first-order valence-electron chi connectivity index (χ1n) is 7.99. The Morgan fingerprint density at radius 1 is 1.08 bits per heavy atom. The summed E-state index contributed by atoms with van der Waals surface area (Å²) in [6, 6.07) is 13.4. The van der Waals surface area contributed by atoms with Crippen molar-refractivity contribution in [3.8, 4) is 0 Å². The van der Waals surface area contributed by atoms with Crippen molar-refractivity contribution in [3.63, 3.8) is 0 Å². The fraction of sp³-hybridized carbons (Fsp3) is 0.211. The molecular weight excluding hydrogens is 321 g/mol. The zero-order valence-corrected chi connectivity index (χ0v) is 14.0. The van der Waals surface area contributed by atoms with Crippen molar-refractivity contribution >= 4 is 11.9 Å². The number of carbonyl (C=O) groups excluding carboxylic acids is 1. The quantitative estimate of drug-likeness (QED) is 0.757. The molecule has 1 aromatic heterocycles. The first-order valence-corrected chi connectivity index (χ1v) is 7.99. The molecule has 5 nitrogen and oxygen atoms in total. The van der Waals surface area contributed by atoms with Crippen LogP contribution < -0.4 is 5.32 Å². The zero-order chi connectivity index (χ0) is 17.8. The van der Waals surface area contributed by atoms with Crippen molar-refractivity contribution in [1.29, 1.82) is 0 Å². The molecule has 0 saturated heterocycles. The summed E-state index contributed by atoms with van der Waals surface area (Å²) in [5.41, 5.74) is 2.62. The number of halogens is 1. The van der Waals surface area contributed by atoms with E-state index in [1.165, 1.54) is 29.8 Å². The summed E-state index contributed by atoms with van der Waals surface area (Å²) >= 11 is 0. The predicted molar refractivity (Wildman–Crippen MR) is 92.0 cm³/mol.